The smallest absolute Gasteiger partial charge is 0.354 e. The lowest BCUT2D eigenvalue weighted by Crippen LogP contribution is -2.58. The summed E-state index contributed by atoms with van der Waals surface area (Å²) in [6, 6.07) is 10.4. The third-order valence-corrected chi connectivity index (χ3v) is 8.26. The average Bonchev–Trinajstić information content (AvgIpc) is 3.38. The summed E-state index contributed by atoms with van der Waals surface area (Å²) in [4.78, 5) is 33.5. The molecule has 2 unspecified atom stereocenters. The van der Waals surface area contributed by atoms with Gasteiger partial charge in [-0.15, -0.1) is 0 Å². The number of carbonyl (C=O) groups excluding carboxylic acids is 1. The Morgan fingerprint density at radius 1 is 1.16 bits per heavy atom. The first-order valence-corrected chi connectivity index (χ1v) is 13.4. The van der Waals surface area contributed by atoms with Gasteiger partial charge in [0, 0.05) is 67.9 Å². The van der Waals surface area contributed by atoms with Crippen LogP contribution in [-0.2, 0) is 13.6 Å². The van der Waals surface area contributed by atoms with Crippen LogP contribution in [0, 0.1) is 6.92 Å². The van der Waals surface area contributed by atoms with Crippen molar-refractivity contribution in [3.63, 3.8) is 0 Å². The molecular formula is C29H38N7O2+. The molecule has 0 spiro atoms. The number of pyridine rings is 1. The number of piperazine rings is 1. The van der Waals surface area contributed by atoms with Crippen LogP contribution >= 0.6 is 0 Å². The van der Waals surface area contributed by atoms with Gasteiger partial charge in [-0.2, -0.15) is 4.48 Å². The molecule has 0 aliphatic carbocycles. The SMILES string of the molecule is CCC(C)[N+]1(C(=O)NCc2c(C)n(C)[nH]c2=O)C=C(C)c2ccc(-c3ccc(N4CCNCC4)nc3)cc21. The summed E-state index contributed by atoms with van der Waals surface area (Å²) in [5, 5.41) is 9.23. The zero-order valence-electron chi connectivity index (χ0n) is 23.0. The molecular weight excluding hydrogens is 478 g/mol. The summed E-state index contributed by atoms with van der Waals surface area (Å²) >= 11 is 0. The van der Waals surface area contributed by atoms with Crippen molar-refractivity contribution in [3.8, 4) is 11.1 Å². The molecule has 2 atom stereocenters. The number of aromatic nitrogens is 3. The number of amides is 2. The largest absolute Gasteiger partial charge is 0.426 e. The van der Waals surface area contributed by atoms with Crippen LogP contribution in [0.1, 0.15) is 44.0 Å². The van der Waals surface area contributed by atoms with Gasteiger partial charge in [0.2, 0.25) is 0 Å². The van der Waals surface area contributed by atoms with Gasteiger partial charge in [0.25, 0.3) is 5.56 Å². The number of hydrogen-bond donors (Lipinski definition) is 3. The number of benzene rings is 1. The summed E-state index contributed by atoms with van der Waals surface area (Å²) in [5.74, 6) is 0.990. The third kappa shape index (κ3) is 4.35. The minimum Gasteiger partial charge on any atom is -0.354 e. The third-order valence-electron chi connectivity index (χ3n) is 8.26. The highest BCUT2D eigenvalue weighted by Gasteiger charge is 2.48. The number of H-pyrrole nitrogens is 1. The van der Waals surface area contributed by atoms with Gasteiger partial charge in [0.05, 0.1) is 12.1 Å². The lowest BCUT2D eigenvalue weighted by atomic mass is 10.0. The molecule has 1 fully saturated rings. The fourth-order valence-corrected chi connectivity index (χ4v) is 5.63. The Labute approximate surface area is 223 Å². The van der Waals surface area contributed by atoms with Crippen molar-refractivity contribution in [1.82, 2.24) is 29.9 Å². The lowest BCUT2D eigenvalue weighted by molar-refractivity contribution is 0.202. The molecule has 9 heteroatoms. The van der Waals surface area contributed by atoms with E-state index in [4.69, 9.17) is 4.98 Å². The molecule has 1 aromatic carbocycles. The summed E-state index contributed by atoms with van der Waals surface area (Å²) in [5.41, 5.74) is 6.37. The first-order chi connectivity index (χ1) is 18.3. The van der Waals surface area contributed by atoms with Crippen molar-refractivity contribution < 1.29 is 4.79 Å². The van der Waals surface area contributed by atoms with E-state index in [1.54, 1.807) is 11.7 Å². The number of carbonyl (C=O) groups is 1. The molecule has 2 aliphatic rings. The van der Waals surface area contributed by atoms with Crippen molar-refractivity contribution in [3.05, 3.63) is 69.9 Å². The van der Waals surface area contributed by atoms with Gasteiger partial charge in [-0.25, -0.2) is 9.78 Å². The first kappa shape index (κ1) is 25.9. The summed E-state index contributed by atoms with van der Waals surface area (Å²) < 4.78 is 1.76. The summed E-state index contributed by atoms with van der Waals surface area (Å²) in [7, 11) is 1.80. The Morgan fingerprint density at radius 2 is 1.89 bits per heavy atom. The minimum absolute atomic E-state index is 0.00446. The molecule has 0 saturated carbocycles. The second kappa shape index (κ2) is 10.2. The number of allylic oxidation sites excluding steroid dienone is 1. The maximum Gasteiger partial charge on any atom is 0.426 e. The van der Waals surface area contributed by atoms with E-state index in [0.29, 0.717) is 5.56 Å². The van der Waals surface area contributed by atoms with Crippen LogP contribution in [0.25, 0.3) is 16.7 Å². The molecule has 4 heterocycles. The van der Waals surface area contributed by atoms with Crippen LogP contribution in [0.5, 0.6) is 0 Å². The van der Waals surface area contributed by atoms with Crippen LogP contribution in [0.3, 0.4) is 0 Å². The first-order valence-electron chi connectivity index (χ1n) is 13.4. The highest BCUT2D eigenvalue weighted by molar-refractivity contribution is 5.99. The van der Waals surface area contributed by atoms with Gasteiger partial charge in [-0.05, 0) is 51.0 Å². The van der Waals surface area contributed by atoms with Crippen LogP contribution in [-0.4, -0.2) is 53.0 Å². The molecule has 0 bridgehead atoms. The molecule has 3 aromatic rings. The van der Waals surface area contributed by atoms with E-state index < -0.39 is 0 Å². The van der Waals surface area contributed by atoms with Crippen molar-refractivity contribution >= 4 is 23.1 Å². The van der Waals surface area contributed by atoms with E-state index in [1.807, 2.05) is 13.1 Å². The number of anilines is 1. The maximum atomic E-state index is 14.0. The number of urea groups is 1. The van der Waals surface area contributed by atoms with Crippen molar-refractivity contribution in [1.29, 1.82) is 0 Å². The highest BCUT2D eigenvalue weighted by Crippen LogP contribution is 2.45. The number of aromatic amines is 1. The zero-order chi connectivity index (χ0) is 27.0. The van der Waals surface area contributed by atoms with Gasteiger partial charge in [0.1, 0.15) is 18.1 Å². The molecule has 1 saturated heterocycles. The Balaban J connectivity index is 1.48. The quantitative estimate of drug-likeness (QED) is 0.432. The molecule has 2 amide bonds. The van der Waals surface area contributed by atoms with Crippen LogP contribution < -0.4 is 25.6 Å². The average molecular weight is 517 g/mol. The van der Waals surface area contributed by atoms with E-state index in [0.717, 1.165) is 72.1 Å². The van der Waals surface area contributed by atoms with Gasteiger partial charge in [0.15, 0.2) is 5.69 Å². The van der Waals surface area contributed by atoms with E-state index >= 15 is 0 Å². The molecule has 2 aliphatic heterocycles. The summed E-state index contributed by atoms with van der Waals surface area (Å²) in [6.07, 6.45) is 4.80. The number of nitrogens with zero attached hydrogens (tertiary/aromatic N) is 4. The lowest BCUT2D eigenvalue weighted by Gasteiger charge is -2.35. The monoisotopic (exact) mass is 516 g/mol. The molecule has 200 valence electrons. The normalized spacial score (nSPS) is 19.7. The molecule has 2 aromatic heterocycles. The Bertz CT molecular complexity index is 1430. The van der Waals surface area contributed by atoms with Gasteiger partial charge < -0.3 is 15.5 Å². The predicted molar refractivity (Wildman–Crippen MR) is 153 cm³/mol. The Hall–Kier alpha value is -3.69. The van der Waals surface area contributed by atoms with Crippen molar-refractivity contribution in [2.75, 3.05) is 31.1 Å². The maximum absolute atomic E-state index is 14.0. The fourth-order valence-electron chi connectivity index (χ4n) is 5.63. The molecule has 0 radical (unpaired) electrons. The summed E-state index contributed by atoms with van der Waals surface area (Å²) in [6.45, 7) is 12.2. The number of nitrogens with one attached hydrogen (secondary N) is 3. The number of rotatable bonds is 6. The topological polar surface area (TPSA) is 95.0 Å². The Morgan fingerprint density at radius 3 is 2.53 bits per heavy atom. The van der Waals surface area contributed by atoms with Gasteiger partial charge in [-0.3, -0.25) is 14.6 Å². The second-order valence-electron chi connectivity index (χ2n) is 10.4. The molecule has 3 N–H and O–H groups in total. The van der Waals surface area contributed by atoms with Crippen LogP contribution in [0.2, 0.25) is 0 Å². The molecule has 9 nitrogen and oxygen atoms in total. The van der Waals surface area contributed by atoms with Crippen molar-refractivity contribution in [2.45, 2.75) is 46.7 Å². The number of aryl methyl sites for hydroxylation is 1. The van der Waals surface area contributed by atoms with Crippen molar-refractivity contribution in [2.24, 2.45) is 7.05 Å². The van der Waals surface area contributed by atoms with Crippen LogP contribution in [0.15, 0.2) is 47.5 Å². The highest BCUT2D eigenvalue weighted by atomic mass is 16.2. The predicted octanol–water partition coefficient (Wildman–Crippen LogP) is 3.88. The molecule has 38 heavy (non-hydrogen) atoms. The number of fused-ring (bicyclic) bond motifs is 1. The zero-order valence-corrected chi connectivity index (χ0v) is 23.0. The minimum atomic E-state index is -0.173. The Kier molecular flexibility index (Phi) is 6.98. The van der Waals surface area contributed by atoms with Gasteiger partial charge >= 0.3 is 6.03 Å². The van der Waals surface area contributed by atoms with E-state index in [9.17, 15) is 9.59 Å². The van der Waals surface area contributed by atoms with Crippen LogP contribution in [0.4, 0.5) is 16.3 Å². The van der Waals surface area contributed by atoms with E-state index in [1.165, 1.54) is 0 Å². The second-order valence-corrected chi connectivity index (χ2v) is 10.4. The molecule has 5 rings (SSSR count). The fraction of sp³-hybridized carbons (Fsp3) is 0.414. The standard InChI is InChI=1S/C29H37N7O2/c1-6-20(3)36(29(38)32-17-25-21(4)34(5)33-28(25)37)18-19(2)24-9-7-22(15-26(24)36)23-8-10-27(31-16-23)35-13-11-30-12-14-35/h7-10,15-16,18,20,30H,6,11-14,17H2,1-5H3,(H-,32,33,37,38)/p+1. The van der Waals surface area contributed by atoms with Gasteiger partial charge in [-0.1, -0.05) is 13.0 Å². The van der Waals surface area contributed by atoms with E-state index in [2.05, 4.69) is 77.9 Å². The van der Waals surface area contributed by atoms with E-state index in [-0.39, 0.29) is 28.7 Å². The number of quaternary nitrogens is 1. The number of hydrogen-bond acceptors (Lipinski definition) is 5.